The summed E-state index contributed by atoms with van der Waals surface area (Å²) < 4.78 is 11.5. The second-order valence-corrected chi connectivity index (χ2v) is 10.8. The summed E-state index contributed by atoms with van der Waals surface area (Å²) in [5, 5.41) is 0. The molecule has 0 saturated carbocycles. The van der Waals surface area contributed by atoms with E-state index >= 15 is 0 Å². The van der Waals surface area contributed by atoms with Crippen molar-refractivity contribution >= 4 is 24.7 Å². The van der Waals surface area contributed by atoms with Gasteiger partial charge in [0.05, 0.1) is 0 Å². The molecule has 0 aliphatic heterocycles. The van der Waals surface area contributed by atoms with E-state index in [1.165, 1.54) is 0 Å². The van der Waals surface area contributed by atoms with Gasteiger partial charge in [-0.3, -0.25) is 0 Å². The molecule has 1 aliphatic carbocycles. The zero-order valence-electron chi connectivity index (χ0n) is 7.35. The van der Waals surface area contributed by atoms with Gasteiger partial charge in [0.2, 0.25) is 0 Å². The molecule has 0 N–H and O–H groups in total. The molecule has 0 aromatic rings. The number of allylic oxidation sites excluding steroid dienone is 3. The molecular formula is C7H10BCl2O2Zr. The van der Waals surface area contributed by atoms with Crippen molar-refractivity contribution in [3.63, 3.8) is 0 Å². The molecule has 0 bridgehead atoms. The molecule has 0 saturated heterocycles. The first kappa shape index (κ1) is 11.8. The Kier molecular flexibility index (Phi) is 5.73. The van der Waals surface area contributed by atoms with Crippen LogP contribution in [0.5, 0.6) is 0 Å². The molecule has 0 amide bonds. The van der Waals surface area contributed by atoms with E-state index in [0.29, 0.717) is 6.61 Å². The Morgan fingerprint density at radius 1 is 1.62 bits per heavy atom. The van der Waals surface area contributed by atoms with Crippen LogP contribution in [0.1, 0.15) is 13.3 Å². The Bertz CT molecular complexity index is 231. The summed E-state index contributed by atoms with van der Waals surface area (Å²) in [5.74, 6) is 0.827. The SMILES string of the molecule is CCOBOC1=[C]([Zr]([Cl])[Cl])CC=C1. The van der Waals surface area contributed by atoms with Crippen molar-refractivity contribution in [2.75, 3.05) is 6.61 Å². The van der Waals surface area contributed by atoms with Gasteiger partial charge in [-0.2, -0.15) is 0 Å². The first-order valence-electron chi connectivity index (χ1n) is 4.04. The monoisotopic (exact) mass is 297 g/mol. The summed E-state index contributed by atoms with van der Waals surface area (Å²) in [6.07, 6.45) is 4.78. The van der Waals surface area contributed by atoms with Gasteiger partial charge in [0.15, 0.2) is 0 Å². The van der Waals surface area contributed by atoms with E-state index < -0.39 is 19.4 Å². The van der Waals surface area contributed by atoms with Crippen LogP contribution in [-0.4, -0.2) is 14.3 Å². The predicted molar refractivity (Wildman–Crippen MR) is 52.3 cm³/mol. The van der Waals surface area contributed by atoms with Crippen molar-refractivity contribution in [2.24, 2.45) is 0 Å². The molecule has 0 radical (unpaired) electrons. The first-order chi connectivity index (χ1) is 6.25. The molecule has 13 heavy (non-hydrogen) atoms. The summed E-state index contributed by atoms with van der Waals surface area (Å²) >= 11 is -2.27. The number of rotatable bonds is 5. The molecule has 0 spiro atoms. The van der Waals surface area contributed by atoms with Gasteiger partial charge in [-0.1, -0.05) is 0 Å². The van der Waals surface area contributed by atoms with Gasteiger partial charge in [0.25, 0.3) is 0 Å². The third-order valence-electron chi connectivity index (χ3n) is 1.62. The Hall–Kier alpha value is 0.768. The Balaban J connectivity index is 2.44. The molecule has 1 aliphatic rings. The van der Waals surface area contributed by atoms with Crippen LogP contribution < -0.4 is 0 Å². The number of hydrogen-bond donors (Lipinski definition) is 0. The van der Waals surface area contributed by atoms with Crippen molar-refractivity contribution in [1.82, 2.24) is 0 Å². The molecule has 0 unspecified atom stereocenters. The van der Waals surface area contributed by atoms with E-state index in [1.54, 1.807) is 0 Å². The molecule has 0 atom stereocenters. The van der Waals surface area contributed by atoms with Crippen molar-refractivity contribution in [2.45, 2.75) is 13.3 Å². The summed E-state index contributed by atoms with van der Waals surface area (Å²) in [7, 11) is 12.2. The third-order valence-corrected chi connectivity index (χ3v) is 6.55. The Morgan fingerprint density at radius 2 is 2.38 bits per heavy atom. The Morgan fingerprint density at radius 3 is 3.00 bits per heavy atom. The van der Waals surface area contributed by atoms with E-state index in [4.69, 9.17) is 26.3 Å². The number of hydrogen-bond acceptors (Lipinski definition) is 2. The van der Waals surface area contributed by atoms with E-state index in [0.717, 1.165) is 15.5 Å². The molecule has 1 rings (SSSR count). The zero-order valence-corrected chi connectivity index (χ0v) is 11.3. The standard InChI is InChI=1S/C7H10BO2.2ClH.Zr/c1-2-9-8-10-7-5-3-4-6-7;;;/h3,5,8H,2,4H2,1H3;2*1H;/q;;;+2/p-2. The van der Waals surface area contributed by atoms with Crippen LogP contribution in [0.4, 0.5) is 0 Å². The average molecular weight is 299 g/mol. The first-order valence-corrected chi connectivity index (χ1v) is 11.6. The minimum atomic E-state index is -2.27. The van der Waals surface area contributed by atoms with E-state index in [2.05, 4.69) is 0 Å². The van der Waals surface area contributed by atoms with Crippen LogP contribution in [0.25, 0.3) is 0 Å². The van der Waals surface area contributed by atoms with Gasteiger partial charge in [0, 0.05) is 0 Å². The van der Waals surface area contributed by atoms with Crippen molar-refractivity contribution in [1.29, 1.82) is 0 Å². The summed E-state index contributed by atoms with van der Waals surface area (Å²) in [5.41, 5.74) is 0. The molecule has 0 aromatic heterocycles. The van der Waals surface area contributed by atoms with Crippen LogP contribution in [-0.2, 0) is 28.7 Å². The topological polar surface area (TPSA) is 18.5 Å². The molecular weight excluding hydrogens is 289 g/mol. The van der Waals surface area contributed by atoms with Crippen LogP contribution in [0, 0.1) is 0 Å². The van der Waals surface area contributed by atoms with E-state index in [1.807, 2.05) is 19.1 Å². The third kappa shape index (κ3) is 3.79. The average Bonchev–Trinajstić information content (AvgIpc) is 2.53. The fourth-order valence-corrected chi connectivity index (χ4v) is 4.50. The van der Waals surface area contributed by atoms with Gasteiger partial charge in [-0.05, 0) is 0 Å². The minimum absolute atomic E-state index is 0.282. The van der Waals surface area contributed by atoms with Gasteiger partial charge < -0.3 is 0 Å². The second kappa shape index (κ2) is 6.29. The molecule has 0 fully saturated rings. The van der Waals surface area contributed by atoms with Crippen LogP contribution in [0.2, 0.25) is 0 Å². The summed E-state index contributed by atoms with van der Waals surface area (Å²) in [6.45, 7) is 2.58. The summed E-state index contributed by atoms with van der Waals surface area (Å²) in [4.78, 5) is 0. The van der Waals surface area contributed by atoms with Gasteiger partial charge in [-0.25, -0.2) is 0 Å². The summed E-state index contributed by atoms with van der Waals surface area (Å²) in [6, 6.07) is 0. The van der Waals surface area contributed by atoms with Crippen LogP contribution in [0.15, 0.2) is 21.2 Å². The van der Waals surface area contributed by atoms with Crippen molar-refractivity contribution in [3.8, 4) is 0 Å². The predicted octanol–water partition coefficient (Wildman–Crippen LogP) is 2.40. The molecule has 6 heteroatoms. The van der Waals surface area contributed by atoms with Crippen molar-refractivity contribution in [3.05, 3.63) is 21.2 Å². The van der Waals surface area contributed by atoms with Crippen LogP contribution in [0.3, 0.4) is 0 Å². The molecule has 71 valence electrons. The van der Waals surface area contributed by atoms with E-state index in [9.17, 15) is 0 Å². The normalized spacial score (nSPS) is 15.0. The second-order valence-electron chi connectivity index (χ2n) is 2.46. The fourth-order valence-electron chi connectivity index (χ4n) is 0.979. The van der Waals surface area contributed by atoms with Gasteiger partial charge >= 0.3 is 94.5 Å². The quantitative estimate of drug-likeness (QED) is 0.573. The van der Waals surface area contributed by atoms with Gasteiger partial charge in [0.1, 0.15) is 0 Å². The van der Waals surface area contributed by atoms with Crippen molar-refractivity contribution < 1.29 is 28.7 Å². The van der Waals surface area contributed by atoms with Crippen LogP contribution >= 0.6 is 17.0 Å². The molecule has 0 aromatic carbocycles. The Labute approximate surface area is 94.0 Å². The zero-order chi connectivity index (χ0) is 9.68. The van der Waals surface area contributed by atoms with E-state index in [-0.39, 0.29) is 7.69 Å². The fraction of sp³-hybridized carbons (Fsp3) is 0.429. The van der Waals surface area contributed by atoms with Gasteiger partial charge in [-0.15, -0.1) is 0 Å². The maximum absolute atomic E-state index is 5.93. The maximum atomic E-state index is 5.93. The number of halogens is 2. The molecule has 2 nitrogen and oxygen atoms in total. The molecule has 0 heterocycles.